The third-order valence-corrected chi connectivity index (χ3v) is 7.02. The third-order valence-electron chi connectivity index (χ3n) is 6.79. The molecule has 8 heteroatoms. The summed E-state index contributed by atoms with van der Waals surface area (Å²) in [5.74, 6) is 0.000679. The minimum atomic E-state index is -0.504. The van der Waals surface area contributed by atoms with Crippen LogP contribution in [0.3, 0.4) is 0 Å². The highest BCUT2D eigenvalue weighted by atomic mass is 35.5. The summed E-state index contributed by atoms with van der Waals surface area (Å²) in [7, 11) is 0. The number of amides is 2. The Bertz CT molecular complexity index is 1120. The summed E-state index contributed by atoms with van der Waals surface area (Å²) in [6, 6.07) is 5.36. The highest BCUT2D eigenvalue weighted by Gasteiger charge is 2.28. The maximum Gasteiger partial charge on any atom is 0.259 e. The zero-order chi connectivity index (χ0) is 24.2. The molecule has 0 bridgehead atoms. The van der Waals surface area contributed by atoms with Crippen molar-refractivity contribution in [3.05, 3.63) is 62.5 Å². The molecule has 1 atom stereocenters. The molecular weight excluding hydrogens is 454 g/mol. The summed E-state index contributed by atoms with van der Waals surface area (Å²) in [6.07, 6.45) is 8.06. The van der Waals surface area contributed by atoms with Crippen LogP contribution >= 0.6 is 11.6 Å². The van der Waals surface area contributed by atoms with Crippen molar-refractivity contribution in [3.8, 4) is 5.75 Å². The van der Waals surface area contributed by atoms with Gasteiger partial charge in [-0.05, 0) is 44.4 Å². The van der Waals surface area contributed by atoms with E-state index in [1.54, 1.807) is 40.4 Å². The van der Waals surface area contributed by atoms with E-state index in [0.717, 1.165) is 37.7 Å². The van der Waals surface area contributed by atoms with Crippen LogP contribution in [0.5, 0.6) is 5.75 Å². The lowest BCUT2D eigenvalue weighted by atomic mass is 10.1. The highest BCUT2D eigenvalue weighted by molar-refractivity contribution is 6.30. The molecule has 7 nitrogen and oxygen atoms in total. The molecule has 2 amide bonds. The van der Waals surface area contributed by atoms with Crippen LogP contribution in [0.1, 0.15) is 78.3 Å². The van der Waals surface area contributed by atoms with Gasteiger partial charge in [0.15, 0.2) is 0 Å². The first-order chi connectivity index (χ1) is 16.4. The van der Waals surface area contributed by atoms with Gasteiger partial charge >= 0.3 is 0 Å². The summed E-state index contributed by atoms with van der Waals surface area (Å²) < 4.78 is 7.62. The summed E-state index contributed by atoms with van der Waals surface area (Å²) in [6.45, 7) is 6.25. The Balaban J connectivity index is 1.71. The molecule has 2 aliphatic heterocycles. The number of aromatic nitrogens is 1. The second-order valence-electron chi connectivity index (χ2n) is 9.15. The van der Waals surface area contributed by atoms with Crippen LogP contribution in [0, 0.1) is 0 Å². The minimum absolute atomic E-state index is 0.0199. The van der Waals surface area contributed by atoms with Gasteiger partial charge in [0.05, 0.1) is 6.54 Å². The summed E-state index contributed by atoms with van der Waals surface area (Å²) in [4.78, 5) is 43.9. The Morgan fingerprint density at radius 2 is 1.65 bits per heavy atom. The van der Waals surface area contributed by atoms with E-state index in [-0.39, 0.29) is 29.6 Å². The normalized spacial score (nSPS) is 17.3. The minimum Gasteiger partial charge on any atom is -0.491 e. The van der Waals surface area contributed by atoms with Gasteiger partial charge in [0.1, 0.15) is 23.5 Å². The quantitative estimate of drug-likeness (QED) is 0.638. The summed E-state index contributed by atoms with van der Waals surface area (Å²) >= 11 is 6.16. The molecule has 0 unspecified atom stereocenters. The Morgan fingerprint density at radius 3 is 2.29 bits per heavy atom. The molecule has 0 saturated carbocycles. The summed E-state index contributed by atoms with van der Waals surface area (Å²) in [5, 5.41) is 0.556. The number of carbonyl (C=O) groups is 2. The number of benzene rings is 1. The number of nitrogens with zero attached hydrogens (tertiary/aromatic N) is 3. The fourth-order valence-corrected chi connectivity index (χ4v) is 4.71. The van der Waals surface area contributed by atoms with E-state index in [2.05, 4.69) is 0 Å². The van der Waals surface area contributed by atoms with Crippen molar-refractivity contribution in [3.63, 3.8) is 0 Å². The second-order valence-corrected chi connectivity index (χ2v) is 9.59. The van der Waals surface area contributed by atoms with Gasteiger partial charge < -0.3 is 19.1 Å². The molecule has 1 fully saturated rings. The average Bonchev–Trinajstić information content (AvgIpc) is 3.24. The predicted octanol–water partition coefficient (Wildman–Crippen LogP) is 4.52. The number of fused-ring (bicyclic) bond motifs is 1. The average molecular weight is 486 g/mol. The van der Waals surface area contributed by atoms with Crippen LogP contribution in [0.25, 0.3) is 0 Å². The SMILES string of the molecule is CC[C@@H](C)n1cc(C(=O)N2CCCCCC2)c(=O)c(C(=O)N2CCOc3ccc(Cl)cc3C2)c1. The van der Waals surface area contributed by atoms with Crippen LogP contribution in [0.2, 0.25) is 5.02 Å². The molecule has 0 aliphatic carbocycles. The molecule has 1 saturated heterocycles. The van der Waals surface area contributed by atoms with Gasteiger partial charge in [-0.15, -0.1) is 0 Å². The van der Waals surface area contributed by atoms with E-state index in [4.69, 9.17) is 16.3 Å². The van der Waals surface area contributed by atoms with Crippen molar-refractivity contribution >= 4 is 23.4 Å². The van der Waals surface area contributed by atoms with Gasteiger partial charge in [0.2, 0.25) is 5.43 Å². The first-order valence-electron chi connectivity index (χ1n) is 12.1. The van der Waals surface area contributed by atoms with Crippen LogP contribution in [-0.2, 0) is 6.54 Å². The van der Waals surface area contributed by atoms with Crippen LogP contribution in [0.15, 0.2) is 35.4 Å². The van der Waals surface area contributed by atoms with Gasteiger partial charge in [-0.3, -0.25) is 14.4 Å². The van der Waals surface area contributed by atoms with E-state index in [0.29, 0.717) is 37.0 Å². The number of hydrogen-bond donors (Lipinski definition) is 0. The van der Waals surface area contributed by atoms with Gasteiger partial charge in [0.25, 0.3) is 11.8 Å². The molecule has 0 radical (unpaired) electrons. The number of hydrogen-bond acceptors (Lipinski definition) is 4. The van der Waals surface area contributed by atoms with Crippen molar-refractivity contribution in [1.29, 1.82) is 0 Å². The monoisotopic (exact) mass is 485 g/mol. The lowest BCUT2D eigenvalue weighted by Gasteiger charge is -2.24. The van der Waals surface area contributed by atoms with Gasteiger partial charge in [-0.25, -0.2) is 0 Å². The Morgan fingerprint density at radius 1 is 1.00 bits per heavy atom. The fourth-order valence-electron chi connectivity index (χ4n) is 4.52. The summed E-state index contributed by atoms with van der Waals surface area (Å²) in [5.41, 5.74) is 0.377. The largest absolute Gasteiger partial charge is 0.491 e. The number of carbonyl (C=O) groups excluding carboxylic acids is 2. The van der Waals surface area contributed by atoms with E-state index >= 15 is 0 Å². The van der Waals surface area contributed by atoms with Crippen molar-refractivity contribution in [2.24, 2.45) is 0 Å². The fraction of sp³-hybridized carbons (Fsp3) is 0.500. The van der Waals surface area contributed by atoms with Gasteiger partial charge in [-0.2, -0.15) is 0 Å². The lowest BCUT2D eigenvalue weighted by molar-refractivity contribution is 0.0730. The molecule has 2 aromatic rings. The smallest absolute Gasteiger partial charge is 0.259 e. The standard InChI is InChI=1S/C26H32ClN3O4/c1-3-18(2)30-16-21(25(32)28-10-6-4-5-7-11-28)24(31)22(17-30)26(33)29-12-13-34-23-9-8-20(27)14-19(23)15-29/h8-9,14,16-18H,3-7,10-13,15H2,1-2H3/t18-/m1/s1. The zero-order valence-electron chi connectivity index (χ0n) is 19.9. The highest BCUT2D eigenvalue weighted by Crippen LogP contribution is 2.27. The first kappa shape index (κ1) is 24.3. The van der Waals surface area contributed by atoms with Crippen LogP contribution in [0.4, 0.5) is 0 Å². The molecule has 34 heavy (non-hydrogen) atoms. The predicted molar refractivity (Wildman–Crippen MR) is 132 cm³/mol. The molecule has 0 N–H and O–H groups in total. The van der Waals surface area contributed by atoms with Gasteiger partial charge in [-0.1, -0.05) is 31.4 Å². The molecular formula is C26H32ClN3O4. The molecule has 2 aliphatic rings. The molecule has 4 rings (SSSR count). The molecule has 3 heterocycles. The topological polar surface area (TPSA) is 71.9 Å². The van der Waals surface area contributed by atoms with Crippen molar-refractivity contribution < 1.29 is 14.3 Å². The second kappa shape index (κ2) is 10.6. The number of rotatable bonds is 4. The molecule has 182 valence electrons. The maximum atomic E-state index is 13.6. The van der Waals surface area contributed by atoms with Crippen LogP contribution in [-0.4, -0.2) is 52.4 Å². The Kier molecular flexibility index (Phi) is 7.61. The van der Waals surface area contributed by atoms with Crippen LogP contribution < -0.4 is 10.2 Å². The molecule has 1 aromatic heterocycles. The first-order valence-corrected chi connectivity index (χ1v) is 12.5. The van der Waals surface area contributed by atoms with Crippen molar-refractivity contribution in [2.45, 2.75) is 58.5 Å². The van der Waals surface area contributed by atoms with E-state index in [9.17, 15) is 14.4 Å². The zero-order valence-corrected chi connectivity index (χ0v) is 20.6. The van der Waals surface area contributed by atoms with Gasteiger partial charge in [0, 0.05) is 48.7 Å². The Hall–Kier alpha value is -2.80. The van der Waals surface area contributed by atoms with E-state index in [1.807, 2.05) is 18.4 Å². The maximum absolute atomic E-state index is 13.6. The van der Waals surface area contributed by atoms with Crippen molar-refractivity contribution in [1.82, 2.24) is 14.4 Å². The van der Waals surface area contributed by atoms with Crippen molar-refractivity contribution in [2.75, 3.05) is 26.2 Å². The third kappa shape index (κ3) is 5.14. The number of likely N-dealkylation sites (tertiary alicyclic amines) is 1. The number of ether oxygens (including phenoxy) is 1. The Labute approximate surface area is 205 Å². The number of pyridine rings is 1. The molecule has 1 aromatic carbocycles. The van der Waals surface area contributed by atoms with E-state index < -0.39 is 11.3 Å². The van der Waals surface area contributed by atoms with E-state index in [1.165, 1.54) is 0 Å². The molecule has 0 spiro atoms. The number of halogens is 1. The lowest BCUT2D eigenvalue weighted by Crippen LogP contribution is -2.40.